The Labute approximate surface area is 113 Å². The third-order valence-corrected chi connectivity index (χ3v) is 3.32. The minimum atomic E-state index is 0.371. The Bertz CT molecular complexity index is 518. The maximum absolute atomic E-state index is 8.94. The number of hydrogen-bond donors (Lipinski definition) is 1. The average Bonchev–Trinajstić information content (AvgIpc) is 2.40. The molecule has 1 saturated heterocycles. The Hall–Kier alpha value is -2.11. The van der Waals surface area contributed by atoms with Crippen molar-refractivity contribution in [3.8, 4) is 12.1 Å². The monoisotopic (exact) mass is 255 g/mol. The highest BCUT2D eigenvalue weighted by molar-refractivity contribution is 5.45. The summed E-state index contributed by atoms with van der Waals surface area (Å²) in [6.07, 6.45) is 2.00. The Kier molecular flexibility index (Phi) is 4.33. The highest BCUT2D eigenvalue weighted by Gasteiger charge is 2.19. The second-order valence-corrected chi connectivity index (χ2v) is 4.85. The molecule has 0 bridgehead atoms. The summed E-state index contributed by atoms with van der Waals surface area (Å²) in [5, 5.41) is 21.0. The maximum Gasteiger partial charge on any atom is 0.127 e. The average molecular weight is 255 g/mol. The first kappa shape index (κ1) is 13.3. The minimum absolute atomic E-state index is 0.371. The van der Waals surface area contributed by atoms with Crippen LogP contribution < -0.4 is 5.32 Å². The van der Waals surface area contributed by atoms with E-state index in [1.165, 1.54) is 0 Å². The van der Waals surface area contributed by atoms with E-state index in [1.54, 1.807) is 12.1 Å². The Balaban J connectivity index is 1.94. The zero-order chi connectivity index (χ0) is 13.7. The number of aryl methyl sites for hydroxylation is 1. The molecule has 0 aliphatic carbocycles. The smallest absolute Gasteiger partial charge is 0.127 e. The van der Waals surface area contributed by atoms with Gasteiger partial charge in [0.05, 0.1) is 24.2 Å². The molecule has 0 spiro atoms. The molecule has 0 atom stereocenters. The van der Waals surface area contributed by atoms with Crippen LogP contribution in [-0.4, -0.2) is 35.6 Å². The van der Waals surface area contributed by atoms with Gasteiger partial charge in [0.25, 0.3) is 0 Å². The Morgan fingerprint density at radius 3 is 2.74 bits per heavy atom. The molecule has 1 aromatic rings. The van der Waals surface area contributed by atoms with Gasteiger partial charge in [-0.1, -0.05) is 0 Å². The van der Waals surface area contributed by atoms with Crippen molar-refractivity contribution >= 4 is 5.82 Å². The third-order valence-electron chi connectivity index (χ3n) is 3.32. The van der Waals surface area contributed by atoms with E-state index in [0.29, 0.717) is 18.2 Å². The molecule has 0 radical (unpaired) electrons. The van der Waals surface area contributed by atoms with Crippen LogP contribution in [-0.2, 0) is 0 Å². The fourth-order valence-electron chi connectivity index (χ4n) is 2.35. The lowest BCUT2D eigenvalue weighted by molar-refractivity contribution is 0.242. The van der Waals surface area contributed by atoms with Gasteiger partial charge in [-0.25, -0.2) is 4.98 Å². The molecule has 2 rings (SSSR count). The zero-order valence-corrected chi connectivity index (χ0v) is 11.1. The number of nitrogens with zero attached hydrogens (tertiary/aromatic N) is 4. The van der Waals surface area contributed by atoms with Gasteiger partial charge >= 0.3 is 0 Å². The minimum Gasteiger partial charge on any atom is -0.367 e. The van der Waals surface area contributed by atoms with Crippen LogP contribution in [0.15, 0.2) is 12.1 Å². The van der Waals surface area contributed by atoms with E-state index in [4.69, 9.17) is 10.5 Å². The van der Waals surface area contributed by atoms with Gasteiger partial charge in [-0.05, 0) is 31.9 Å². The van der Waals surface area contributed by atoms with E-state index >= 15 is 0 Å². The molecule has 0 aromatic carbocycles. The SMILES string of the molecule is Cc1cc(C#N)cc(NC2CCN(CC#N)CC2)n1. The summed E-state index contributed by atoms with van der Waals surface area (Å²) in [6.45, 7) is 4.26. The van der Waals surface area contributed by atoms with Crippen LogP contribution in [0.1, 0.15) is 24.1 Å². The topological polar surface area (TPSA) is 75.7 Å². The Morgan fingerprint density at radius 2 is 2.11 bits per heavy atom. The summed E-state index contributed by atoms with van der Waals surface area (Å²) < 4.78 is 0. The lowest BCUT2D eigenvalue weighted by Crippen LogP contribution is -2.39. The number of piperidine rings is 1. The number of pyridine rings is 1. The standard InChI is InChI=1S/C14H17N5/c1-11-8-12(10-16)9-14(17-11)18-13-2-5-19(6-3-13)7-4-15/h8-9,13H,2-3,5-7H2,1H3,(H,17,18). The van der Waals surface area contributed by atoms with Gasteiger partial charge in [-0.3, -0.25) is 4.90 Å². The van der Waals surface area contributed by atoms with E-state index in [2.05, 4.69) is 27.3 Å². The van der Waals surface area contributed by atoms with Crippen molar-refractivity contribution in [2.24, 2.45) is 0 Å². The number of nitrogens with one attached hydrogen (secondary N) is 1. The molecule has 1 aromatic heterocycles. The highest BCUT2D eigenvalue weighted by Crippen LogP contribution is 2.16. The van der Waals surface area contributed by atoms with E-state index in [-0.39, 0.29) is 0 Å². The number of hydrogen-bond acceptors (Lipinski definition) is 5. The molecule has 5 nitrogen and oxygen atoms in total. The number of likely N-dealkylation sites (tertiary alicyclic amines) is 1. The van der Waals surface area contributed by atoms with Gasteiger partial charge in [0.1, 0.15) is 5.82 Å². The first-order valence-corrected chi connectivity index (χ1v) is 6.46. The molecule has 0 unspecified atom stereocenters. The number of aromatic nitrogens is 1. The van der Waals surface area contributed by atoms with E-state index in [0.717, 1.165) is 37.4 Å². The van der Waals surface area contributed by atoms with Gasteiger partial charge in [0, 0.05) is 24.8 Å². The number of nitriles is 2. The second-order valence-electron chi connectivity index (χ2n) is 4.85. The molecule has 0 saturated carbocycles. The molecule has 1 aliphatic rings. The van der Waals surface area contributed by atoms with E-state index < -0.39 is 0 Å². The molecule has 1 fully saturated rings. The summed E-state index contributed by atoms with van der Waals surface area (Å²) >= 11 is 0. The first-order chi connectivity index (χ1) is 9.21. The summed E-state index contributed by atoms with van der Waals surface area (Å²) in [5.41, 5.74) is 1.49. The molecule has 0 amide bonds. The lowest BCUT2D eigenvalue weighted by Gasteiger charge is -2.31. The molecular formula is C14H17N5. The molecule has 1 N–H and O–H groups in total. The molecule has 5 heteroatoms. The maximum atomic E-state index is 8.94. The summed E-state index contributed by atoms with van der Waals surface area (Å²) in [4.78, 5) is 6.56. The summed E-state index contributed by atoms with van der Waals surface area (Å²) in [7, 11) is 0. The highest BCUT2D eigenvalue weighted by atomic mass is 15.1. The Morgan fingerprint density at radius 1 is 1.37 bits per heavy atom. The van der Waals surface area contributed by atoms with Crippen LogP contribution in [0.3, 0.4) is 0 Å². The largest absolute Gasteiger partial charge is 0.367 e. The van der Waals surface area contributed by atoms with Crippen molar-refractivity contribution < 1.29 is 0 Å². The van der Waals surface area contributed by atoms with Gasteiger partial charge < -0.3 is 5.32 Å². The fourth-order valence-corrected chi connectivity index (χ4v) is 2.35. The van der Waals surface area contributed by atoms with Crippen LogP contribution in [0.5, 0.6) is 0 Å². The lowest BCUT2D eigenvalue weighted by atomic mass is 10.1. The zero-order valence-electron chi connectivity index (χ0n) is 11.1. The van der Waals surface area contributed by atoms with Gasteiger partial charge in [-0.15, -0.1) is 0 Å². The van der Waals surface area contributed by atoms with E-state index in [9.17, 15) is 0 Å². The normalized spacial score (nSPS) is 16.6. The van der Waals surface area contributed by atoms with Crippen LogP contribution in [0.4, 0.5) is 5.82 Å². The van der Waals surface area contributed by atoms with Crippen molar-refractivity contribution in [1.82, 2.24) is 9.88 Å². The molecule has 1 aliphatic heterocycles. The third kappa shape index (κ3) is 3.67. The van der Waals surface area contributed by atoms with Crippen molar-refractivity contribution in [3.05, 3.63) is 23.4 Å². The van der Waals surface area contributed by atoms with Crippen LogP contribution >= 0.6 is 0 Å². The van der Waals surface area contributed by atoms with Crippen LogP contribution in [0.25, 0.3) is 0 Å². The first-order valence-electron chi connectivity index (χ1n) is 6.46. The van der Waals surface area contributed by atoms with Crippen molar-refractivity contribution in [1.29, 1.82) is 10.5 Å². The fraction of sp³-hybridized carbons (Fsp3) is 0.500. The van der Waals surface area contributed by atoms with Crippen molar-refractivity contribution in [2.45, 2.75) is 25.8 Å². The summed E-state index contributed by atoms with van der Waals surface area (Å²) in [6, 6.07) is 8.26. The predicted octanol–water partition coefficient (Wildman–Crippen LogP) is 1.66. The quantitative estimate of drug-likeness (QED) is 0.831. The van der Waals surface area contributed by atoms with E-state index in [1.807, 2.05) is 6.92 Å². The van der Waals surface area contributed by atoms with Crippen LogP contribution in [0.2, 0.25) is 0 Å². The van der Waals surface area contributed by atoms with Crippen molar-refractivity contribution in [3.63, 3.8) is 0 Å². The van der Waals surface area contributed by atoms with Gasteiger partial charge in [-0.2, -0.15) is 10.5 Å². The number of anilines is 1. The molecular weight excluding hydrogens is 238 g/mol. The van der Waals surface area contributed by atoms with Gasteiger partial charge in [0.2, 0.25) is 0 Å². The summed E-state index contributed by atoms with van der Waals surface area (Å²) in [5.74, 6) is 0.773. The molecule has 98 valence electrons. The van der Waals surface area contributed by atoms with Gasteiger partial charge in [0.15, 0.2) is 0 Å². The van der Waals surface area contributed by atoms with Crippen LogP contribution in [0, 0.1) is 29.6 Å². The number of rotatable bonds is 3. The molecule has 2 heterocycles. The van der Waals surface area contributed by atoms with Crippen molar-refractivity contribution in [2.75, 3.05) is 25.0 Å². The second kappa shape index (κ2) is 6.17. The molecule has 19 heavy (non-hydrogen) atoms. The predicted molar refractivity (Wildman–Crippen MR) is 72.4 cm³/mol.